The Hall–Kier alpha value is -0.650. The molecule has 4 bridgehead atoms. The van der Waals surface area contributed by atoms with Gasteiger partial charge in [0.1, 0.15) is 6.10 Å². The molecule has 4 saturated carbocycles. The molecule has 4 atom stereocenters. The SMILES string of the molecule is O=C1CC2OC3OC4(OC3C2O1)C1CC2CC(C1)CC4C2. The molecule has 0 N–H and O–H groups in total. The molecule has 5 nitrogen and oxygen atoms in total. The molecular formula is C16H20O5. The lowest BCUT2D eigenvalue weighted by Crippen LogP contribution is -2.59. The zero-order chi connectivity index (χ0) is 13.8. The number of rotatable bonds is 0. The molecule has 0 radical (unpaired) electrons. The highest BCUT2D eigenvalue weighted by Gasteiger charge is 2.69. The van der Waals surface area contributed by atoms with Crippen LogP contribution in [0.1, 0.15) is 38.5 Å². The van der Waals surface area contributed by atoms with E-state index in [-0.39, 0.29) is 30.6 Å². The molecule has 1 spiro atoms. The van der Waals surface area contributed by atoms with Crippen molar-refractivity contribution in [2.45, 2.75) is 68.9 Å². The number of hydrogen-bond donors (Lipinski definition) is 0. The van der Waals surface area contributed by atoms with Gasteiger partial charge >= 0.3 is 5.97 Å². The van der Waals surface area contributed by atoms with Gasteiger partial charge in [0.25, 0.3) is 0 Å². The van der Waals surface area contributed by atoms with Crippen molar-refractivity contribution in [3.8, 4) is 0 Å². The molecule has 0 aromatic rings. The predicted octanol–water partition coefficient (Wildman–Crippen LogP) is 1.59. The van der Waals surface area contributed by atoms with Crippen LogP contribution in [0.15, 0.2) is 0 Å². The Morgan fingerprint density at radius 3 is 2.33 bits per heavy atom. The maximum atomic E-state index is 11.5. The summed E-state index contributed by atoms with van der Waals surface area (Å²) in [5, 5.41) is 0. The summed E-state index contributed by atoms with van der Waals surface area (Å²) in [7, 11) is 0. The van der Waals surface area contributed by atoms with Crippen LogP contribution in [0.25, 0.3) is 0 Å². The lowest BCUT2D eigenvalue weighted by atomic mass is 9.53. The first kappa shape index (κ1) is 11.9. The van der Waals surface area contributed by atoms with Crippen LogP contribution in [-0.2, 0) is 23.7 Å². The zero-order valence-electron chi connectivity index (χ0n) is 11.9. The van der Waals surface area contributed by atoms with Crippen LogP contribution >= 0.6 is 0 Å². The van der Waals surface area contributed by atoms with E-state index in [1.54, 1.807) is 0 Å². The van der Waals surface area contributed by atoms with E-state index in [2.05, 4.69) is 0 Å². The van der Waals surface area contributed by atoms with Crippen molar-refractivity contribution in [2.75, 3.05) is 0 Å². The van der Waals surface area contributed by atoms with Crippen LogP contribution in [0.2, 0.25) is 0 Å². The minimum absolute atomic E-state index is 0.165. The van der Waals surface area contributed by atoms with E-state index >= 15 is 0 Å². The van der Waals surface area contributed by atoms with Gasteiger partial charge in [-0.05, 0) is 43.9 Å². The second kappa shape index (κ2) is 3.63. The van der Waals surface area contributed by atoms with E-state index in [9.17, 15) is 4.79 Å². The molecule has 0 aromatic heterocycles. The molecule has 3 saturated heterocycles. The van der Waals surface area contributed by atoms with Gasteiger partial charge in [-0.15, -0.1) is 0 Å². The van der Waals surface area contributed by atoms with Crippen molar-refractivity contribution in [3.63, 3.8) is 0 Å². The Morgan fingerprint density at radius 1 is 0.905 bits per heavy atom. The molecule has 5 heteroatoms. The third-order valence-corrected chi connectivity index (χ3v) is 6.80. The molecular weight excluding hydrogens is 272 g/mol. The molecule has 4 aliphatic carbocycles. The van der Waals surface area contributed by atoms with Crippen molar-refractivity contribution >= 4 is 5.97 Å². The number of hydrogen-bond acceptors (Lipinski definition) is 5. The van der Waals surface area contributed by atoms with Crippen LogP contribution in [0.4, 0.5) is 0 Å². The molecule has 3 aliphatic heterocycles. The summed E-state index contributed by atoms with van der Waals surface area (Å²) >= 11 is 0. The van der Waals surface area contributed by atoms with Crippen LogP contribution in [0, 0.1) is 23.7 Å². The first-order valence-corrected chi connectivity index (χ1v) is 8.42. The first-order chi connectivity index (χ1) is 10.2. The Labute approximate surface area is 123 Å². The fraction of sp³-hybridized carbons (Fsp3) is 0.938. The van der Waals surface area contributed by atoms with Crippen molar-refractivity contribution < 1.29 is 23.7 Å². The molecule has 0 aromatic carbocycles. The lowest BCUT2D eigenvalue weighted by molar-refractivity contribution is -0.322. The minimum Gasteiger partial charge on any atom is -0.456 e. The number of carbonyl (C=O) groups excluding carboxylic acids is 1. The molecule has 4 unspecified atom stereocenters. The Morgan fingerprint density at radius 2 is 1.62 bits per heavy atom. The van der Waals surface area contributed by atoms with Crippen molar-refractivity contribution in [1.29, 1.82) is 0 Å². The Balaban J connectivity index is 1.33. The molecule has 7 aliphatic rings. The molecule has 114 valence electrons. The molecule has 7 rings (SSSR count). The lowest BCUT2D eigenvalue weighted by Gasteiger charge is -2.58. The largest absolute Gasteiger partial charge is 0.456 e. The van der Waals surface area contributed by atoms with E-state index in [4.69, 9.17) is 18.9 Å². The quantitative estimate of drug-likeness (QED) is 0.635. The van der Waals surface area contributed by atoms with Crippen LogP contribution in [0.5, 0.6) is 0 Å². The van der Waals surface area contributed by atoms with Gasteiger partial charge in [-0.1, -0.05) is 0 Å². The smallest absolute Gasteiger partial charge is 0.309 e. The minimum atomic E-state index is -0.442. The number of esters is 1. The average Bonchev–Trinajstić information content (AvgIpc) is 3.04. The van der Waals surface area contributed by atoms with Gasteiger partial charge in [0, 0.05) is 11.8 Å². The van der Waals surface area contributed by atoms with E-state index in [0.717, 1.165) is 11.8 Å². The van der Waals surface area contributed by atoms with E-state index < -0.39 is 5.79 Å². The highest BCUT2D eigenvalue weighted by molar-refractivity contribution is 5.73. The van der Waals surface area contributed by atoms with Crippen molar-refractivity contribution in [3.05, 3.63) is 0 Å². The predicted molar refractivity (Wildman–Crippen MR) is 68.9 cm³/mol. The Kier molecular flexibility index (Phi) is 2.05. The summed E-state index contributed by atoms with van der Waals surface area (Å²) < 4.78 is 24.2. The van der Waals surface area contributed by atoms with Crippen LogP contribution < -0.4 is 0 Å². The van der Waals surface area contributed by atoms with Crippen LogP contribution in [-0.4, -0.2) is 36.4 Å². The van der Waals surface area contributed by atoms with E-state index in [1.807, 2.05) is 0 Å². The summed E-state index contributed by atoms with van der Waals surface area (Å²) in [6, 6.07) is 0. The van der Waals surface area contributed by atoms with Gasteiger partial charge in [-0.25, -0.2) is 0 Å². The first-order valence-electron chi connectivity index (χ1n) is 8.42. The molecule has 0 amide bonds. The van der Waals surface area contributed by atoms with E-state index in [0.29, 0.717) is 18.3 Å². The van der Waals surface area contributed by atoms with Gasteiger partial charge in [-0.2, -0.15) is 0 Å². The second-order valence-electron chi connectivity index (χ2n) is 7.93. The maximum absolute atomic E-state index is 11.5. The second-order valence-corrected chi connectivity index (χ2v) is 7.93. The third-order valence-electron chi connectivity index (χ3n) is 6.80. The van der Waals surface area contributed by atoms with Gasteiger partial charge in [-0.3, -0.25) is 4.79 Å². The zero-order valence-corrected chi connectivity index (χ0v) is 11.9. The average molecular weight is 292 g/mol. The fourth-order valence-electron chi connectivity index (χ4n) is 6.23. The van der Waals surface area contributed by atoms with Gasteiger partial charge in [0.2, 0.25) is 0 Å². The monoisotopic (exact) mass is 292 g/mol. The van der Waals surface area contributed by atoms with E-state index in [1.165, 1.54) is 32.1 Å². The fourth-order valence-corrected chi connectivity index (χ4v) is 6.23. The molecule has 7 fully saturated rings. The standard InChI is InChI=1S/C16H20O5/c17-12-6-11-13(19-12)14-15(18-11)21-16(20-14)9-2-7-1-8(4-9)5-10(16)3-7/h7-11,13-15H,1-6H2. The van der Waals surface area contributed by atoms with Gasteiger partial charge in [0.15, 0.2) is 24.3 Å². The van der Waals surface area contributed by atoms with Crippen LogP contribution in [0.3, 0.4) is 0 Å². The Bertz CT molecular complexity index is 489. The number of carbonyl (C=O) groups is 1. The summed E-state index contributed by atoms with van der Waals surface area (Å²) in [6.07, 6.45) is 5.75. The van der Waals surface area contributed by atoms with Gasteiger partial charge < -0.3 is 18.9 Å². The topological polar surface area (TPSA) is 54.0 Å². The highest BCUT2D eigenvalue weighted by Crippen LogP contribution is 2.63. The number of ether oxygens (including phenoxy) is 4. The summed E-state index contributed by atoms with van der Waals surface area (Å²) in [5.41, 5.74) is 0. The van der Waals surface area contributed by atoms with Gasteiger partial charge in [0.05, 0.1) is 6.42 Å². The highest BCUT2D eigenvalue weighted by atomic mass is 16.8. The normalized spacial score (nSPS) is 63.1. The van der Waals surface area contributed by atoms with Crippen molar-refractivity contribution in [2.24, 2.45) is 23.7 Å². The number of fused-ring (bicyclic) bond motifs is 3. The third kappa shape index (κ3) is 1.36. The summed E-state index contributed by atoms with van der Waals surface area (Å²) in [5.74, 6) is 2.17. The summed E-state index contributed by atoms with van der Waals surface area (Å²) in [4.78, 5) is 11.5. The van der Waals surface area contributed by atoms with Crippen molar-refractivity contribution in [1.82, 2.24) is 0 Å². The molecule has 3 heterocycles. The molecule has 21 heavy (non-hydrogen) atoms. The summed E-state index contributed by atoms with van der Waals surface area (Å²) in [6.45, 7) is 0. The maximum Gasteiger partial charge on any atom is 0.309 e.